The Morgan fingerprint density at radius 3 is 2.03 bits per heavy atom. The third-order valence-electron chi connectivity index (χ3n) is 5.18. The van der Waals surface area contributed by atoms with Gasteiger partial charge in [-0.25, -0.2) is 0 Å². The number of Topliss-reactive ketones (excluding diaryl/α,β-unsaturated/α-hetero) is 1. The van der Waals surface area contributed by atoms with Crippen LogP contribution in [0, 0.1) is 0 Å². The third kappa shape index (κ3) is 10.6. The van der Waals surface area contributed by atoms with Crippen LogP contribution in [-0.2, 0) is 10.2 Å². The number of methoxy groups -OCH3 is 1. The van der Waals surface area contributed by atoms with Crippen molar-refractivity contribution in [2.24, 2.45) is 0 Å². The quantitative estimate of drug-likeness (QED) is 0.207. The average Bonchev–Trinajstić information content (AvgIpc) is 2.85. The van der Waals surface area contributed by atoms with E-state index in [0.717, 1.165) is 33.7 Å². The fourth-order valence-electron chi connectivity index (χ4n) is 3.02. The molecule has 1 aromatic carbocycles. The highest BCUT2D eigenvalue weighted by atomic mass is 16.5. The number of aromatic nitrogens is 1. The molecule has 0 unspecified atom stereocenters. The van der Waals surface area contributed by atoms with Crippen LogP contribution in [-0.4, -0.2) is 17.9 Å². The number of pyridine rings is 1. The maximum Gasteiger partial charge on any atom is 0.163 e. The molecule has 0 spiro atoms. The molecular formula is C32H43NO2. The molecule has 2 aromatic rings. The van der Waals surface area contributed by atoms with E-state index in [1.54, 1.807) is 13.2 Å². The fourth-order valence-corrected chi connectivity index (χ4v) is 3.02. The van der Waals surface area contributed by atoms with Crippen LogP contribution in [0.15, 0.2) is 103 Å². The van der Waals surface area contributed by atoms with Crippen molar-refractivity contribution in [2.75, 3.05) is 7.11 Å². The average molecular weight is 474 g/mol. The number of allylic oxidation sites excluding steroid dienone is 7. The Morgan fingerprint density at radius 1 is 1.03 bits per heavy atom. The van der Waals surface area contributed by atoms with E-state index in [-0.39, 0.29) is 11.2 Å². The normalized spacial score (nSPS) is 10.9. The van der Waals surface area contributed by atoms with Crippen LogP contribution in [0.1, 0.15) is 60.5 Å². The van der Waals surface area contributed by atoms with Crippen molar-refractivity contribution in [3.05, 3.63) is 109 Å². The van der Waals surface area contributed by atoms with E-state index in [1.807, 2.05) is 95.4 Å². The second-order valence-corrected chi connectivity index (χ2v) is 8.44. The number of hydrogen-bond donors (Lipinski definition) is 0. The van der Waals surface area contributed by atoms with Crippen molar-refractivity contribution in [2.45, 2.75) is 60.3 Å². The van der Waals surface area contributed by atoms with Gasteiger partial charge in [0.2, 0.25) is 0 Å². The molecular weight excluding hydrogens is 430 g/mol. The zero-order chi connectivity index (χ0) is 27.0. The Labute approximate surface area is 213 Å². The number of hydrogen-bond acceptors (Lipinski definition) is 3. The number of carbonyl (C=O) groups excluding carboxylic acids is 1. The van der Waals surface area contributed by atoms with Gasteiger partial charge in [-0.15, -0.1) is 6.58 Å². The lowest BCUT2D eigenvalue weighted by Crippen LogP contribution is -2.22. The summed E-state index contributed by atoms with van der Waals surface area (Å²) in [4.78, 5) is 17.5. The summed E-state index contributed by atoms with van der Waals surface area (Å²) < 4.78 is 5.21. The van der Waals surface area contributed by atoms with Crippen LogP contribution in [0.5, 0.6) is 5.75 Å². The second kappa shape index (κ2) is 16.2. The smallest absolute Gasteiger partial charge is 0.163 e. The van der Waals surface area contributed by atoms with Crippen LogP contribution in [0.25, 0.3) is 11.3 Å². The van der Waals surface area contributed by atoms with Gasteiger partial charge in [0.1, 0.15) is 5.75 Å². The molecule has 1 aromatic heterocycles. The highest BCUT2D eigenvalue weighted by Crippen LogP contribution is 2.30. The van der Waals surface area contributed by atoms with Crippen LogP contribution in [0.4, 0.5) is 0 Å². The van der Waals surface area contributed by atoms with Crippen LogP contribution in [0.3, 0.4) is 0 Å². The molecule has 0 aliphatic carbocycles. The highest BCUT2D eigenvalue weighted by Gasteiger charge is 2.25. The van der Waals surface area contributed by atoms with E-state index < -0.39 is 0 Å². The SMILES string of the molecule is C=C(C)C(=C)/C=C\C(=C/C)C(=O)CC(C)(C)c1ccc(-c2ccc(OC)cc2)nc1.C=CC.CC. The first kappa shape index (κ1) is 31.5. The largest absolute Gasteiger partial charge is 0.497 e. The summed E-state index contributed by atoms with van der Waals surface area (Å²) in [6, 6.07) is 11.9. The van der Waals surface area contributed by atoms with Crippen molar-refractivity contribution in [3.8, 4) is 17.0 Å². The standard InChI is InChI=1S/C27H31NO2.C3H6.C2H6/c1-8-21(10-9-20(4)19(2)3)26(29)17-27(5,6)23-13-16-25(28-18-23)22-11-14-24(30-7)15-12-22;1-3-2;1-2/h8-16,18H,2,4,17H2,1,3,5-7H3;3H,1H2,2H3;1-2H3/b10-9-,21-8+;;. The zero-order valence-electron chi connectivity index (χ0n) is 22.9. The van der Waals surface area contributed by atoms with Crippen LogP contribution >= 0.6 is 0 Å². The number of benzene rings is 1. The first-order valence-electron chi connectivity index (χ1n) is 12.0. The van der Waals surface area contributed by atoms with Gasteiger partial charge in [-0.2, -0.15) is 0 Å². The van der Waals surface area contributed by atoms with Crippen molar-refractivity contribution < 1.29 is 9.53 Å². The summed E-state index contributed by atoms with van der Waals surface area (Å²) >= 11 is 0. The Hall–Kier alpha value is -3.46. The van der Waals surface area contributed by atoms with E-state index in [0.29, 0.717) is 12.0 Å². The number of rotatable bonds is 9. The van der Waals surface area contributed by atoms with Crippen LogP contribution in [0.2, 0.25) is 0 Å². The minimum absolute atomic E-state index is 0.0903. The summed E-state index contributed by atoms with van der Waals surface area (Å²) in [7, 11) is 1.65. The molecule has 0 aliphatic heterocycles. The number of carbonyl (C=O) groups is 1. The number of nitrogens with zero attached hydrogens (tertiary/aromatic N) is 1. The van der Waals surface area contributed by atoms with E-state index in [4.69, 9.17) is 4.74 Å². The van der Waals surface area contributed by atoms with Crippen molar-refractivity contribution in [1.82, 2.24) is 4.98 Å². The highest BCUT2D eigenvalue weighted by molar-refractivity contribution is 5.98. The molecule has 0 atom stereocenters. The molecule has 1 heterocycles. The molecule has 0 fully saturated rings. The van der Waals surface area contributed by atoms with Crippen molar-refractivity contribution in [3.63, 3.8) is 0 Å². The molecule has 3 heteroatoms. The fraction of sp³-hybridized carbons (Fsp3) is 0.312. The second-order valence-electron chi connectivity index (χ2n) is 8.44. The van der Waals surface area contributed by atoms with E-state index >= 15 is 0 Å². The molecule has 0 radical (unpaired) electrons. The maximum absolute atomic E-state index is 12.9. The first-order chi connectivity index (χ1) is 16.6. The topological polar surface area (TPSA) is 39.2 Å². The lowest BCUT2D eigenvalue weighted by molar-refractivity contribution is -0.116. The molecule has 0 saturated heterocycles. The Kier molecular flexibility index (Phi) is 14.6. The predicted molar refractivity (Wildman–Crippen MR) is 153 cm³/mol. The van der Waals surface area contributed by atoms with Crippen molar-refractivity contribution in [1.29, 1.82) is 0 Å². The molecule has 2 rings (SSSR count). The van der Waals surface area contributed by atoms with Gasteiger partial charge in [0.05, 0.1) is 12.8 Å². The van der Waals surface area contributed by atoms with E-state index in [2.05, 4.69) is 38.6 Å². The lowest BCUT2D eigenvalue weighted by Gasteiger charge is -2.24. The van der Waals surface area contributed by atoms with Crippen LogP contribution < -0.4 is 4.74 Å². The summed E-state index contributed by atoms with van der Waals surface area (Å²) in [5, 5.41) is 0. The van der Waals surface area contributed by atoms with Gasteiger partial charge in [-0.1, -0.05) is 76.8 Å². The minimum Gasteiger partial charge on any atom is -0.497 e. The molecule has 0 amide bonds. The number of ether oxygens (including phenoxy) is 1. The summed E-state index contributed by atoms with van der Waals surface area (Å²) in [6.45, 7) is 25.0. The summed E-state index contributed by atoms with van der Waals surface area (Å²) in [5.74, 6) is 0.906. The molecule has 0 bridgehead atoms. The van der Waals surface area contributed by atoms with E-state index in [9.17, 15) is 4.79 Å². The van der Waals surface area contributed by atoms with Gasteiger partial charge in [-0.05, 0) is 67.7 Å². The summed E-state index contributed by atoms with van der Waals surface area (Å²) in [5.41, 5.74) is 4.98. The monoisotopic (exact) mass is 473 g/mol. The molecule has 0 saturated carbocycles. The molecule has 35 heavy (non-hydrogen) atoms. The molecule has 188 valence electrons. The molecule has 0 aliphatic rings. The van der Waals surface area contributed by atoms with Gasteiger partial charge in [0, 0.05) is 23.8 Å². The molecule has 3 nitrogen and oxygen atoms in total. The van der Waals surface area contributed by atoms with Gasteiger partial charge in [0.15, 0.2) is 5.78 Å². The van der Waals surface area contributed by atoms with Gasteiger partial charge >= 0.3 is 0 Å². The van der Waals surface area contributed by atoms with E-state index in [1.165, 1.54) is 0 Å². The van der Waals surface area contributed by atoms with Crippen molar-refractivity contribution >= 4 is 5.78 Å². The Balaban J connectivity index is 0.00000214. The molecule has 0 N–H and O–H groups in total. The zero-order valence-corrected chi connectivity index (χ0v) is 22.9. The predicted octanol–water partition coefficient (Wildman–Crippen LogP) is 8.85. The maximum atomic E-state index is 12.9. The Morgan fingerprint density at radius 2 is 1.60 bits per heavy atom. The summed E-state index contributed by atoms with van der Waals surface area (Å²) in [6.07, 6.45) is 9.50. The van der Waals surface area contributed by atoms with Gasteiger partial charge < -0.3 is 4.74 Å². The minimum atomic E-state index is -0.337. The number of ketones is 1. The van der Waals surface area contributed by atoms with Gasteiger partial charge in [0.25, 0.3) is 0 Å². The third-order valence-corrected chi connectivity index (χ3v) is 5.18. The first-order valence-corrected chi connectivity index (χ1v) is 12.0. The van der Waals surface area contributed by atoms with Gasteiger partial charge in [-0.3, -0.25) is 9.78 Å². The Bertz CT molecular complexity index is 1020. The lowest BCUT2D eigenvalue weighted by atomic mass is 9.79.